The second-order valence-corrected chi connectivity index (χ2v) is 11.0. The zero-order chi connectivity index (χ0) is 29.5. The predicted octanol–water partition coefficient (Wildman–Crippen LogP) is 6.06. The van der Waals surface area contributed by atoms with Crippen molar-refractivity contribution in [1.29, 1.82) is 0 Å². The minimum Gasteiger partial charge on any atom is -0.376 e. The van der Waals surface area contributed by atoms with Crippen LogP contribution in [-0.2, 0) is 16.8 Å². The van der Waals surface area contributed by atoms with Gasteiger partial charge in [0.2, 0.25) is 5.91 Å². The maximum atomic E-state index is 13.7. The maximum absolute atomic E-state index is 13.7. The fourth-order valence-corrected chi connectivity index (χ4v) is 4.51. The number of tetrazole rings is 1. The molecule has 4 aromatic carbocycles. The molecule has 0 bridgehead atoms. The normalized spacial score (nSPS) is 11.1. The number of hydrogen-bond acceptors (Lipinski definition) is 6. The molecule has 0 aliphatic heterocycles. The number of carbonyl (C=O) groups is 2. The molecule has 0 aliphatic carbocycles. The fourth-order valence-electron chi connectivity index (χ4n) is 4.51. The third-order valence-electron chi connectivity index (χ3n) is 6.89. The van der Waals surface area contributed by atoms with Crippen LogP contribution in [0, 0.1) is 0 Å². The minimum atomic E-state index is -0.351. The number of H-pyrrole nitrogens is 1. The van der Waals surface area contributed by atoms with Crippen molar-refractivity contribution in [3.63, 3.8) is 0 Å². The lowest BCUT2D eigenvalue weighted by Gasteiger charge is -2.25. The van der Waals surface area contributed by atoms with Crippen LogP contribution < -0.4 is 15.5 Å². The molecule has 0 saturated carbocycles. The lowest BCUT2D eigenvalue weighted by Crippen LogP contribution is -2.35. The quantitative estimate of drug-likeness (QED) is 0.202. The summed E-state index contributed by atoms with van der Waals surface area (Å²) >= 11 is 0. The summed E-state index contributed by atoms with van der Waals surface area (Å²) in [5, 5.41) is 19.1. The largest absolute Gasteiger partial charge is 0.376 e. The standard InChI is InChI=1S/C33H33N7O2/c1-33(2,3)27-16-18-29(19-17-27)40(22-23-12-14-25(15-13-23)31(42)35-32-36-38-39-37-32)30(41)21-34-28-11-7-10-26(20-28)24-8-5-4-6-9-24/h4-20,34H,21-22H2,1-3H3,(H2,35,36,37,38,39,42). The van der Waals surface area contributed by atoms with E-state index in [1.54, 1.807) is 17.0 Å². The molecule has 9 heteroatoms. The molecule has 5 rings (SSSR count). The fraction of sp³-hybridized carbons (Fsp3) is 0.182. The zero-order valence-electron chi connectivity index (χ0n) is 23.8. The van der Waals surface area contributed by atoms with Crippen LogP contribution in [0.3, 0.4) is 0 Å². The van der Waals surface area contributed by atoms with Crippen LogP contribution in [0.2, 0.25) is 0 Å². The van der Waals surface area contributed by atoms with Gasteiger partial charge in [-0.3, -0.25) is 14.9 Å². The van der Waals surface area contributed by atoms with Gasteiger partial charge < -0.3 is 10.2 Å². The molecule has 0 atom stereocenters. The Morgan fingerprint density at radius 3 is 2.21 bits per heavy atom. The van der Waals surface area contributed by atoms with Crippen LogP contribution in [-0.4, -0.2) is 39.0 Å². The number of amides is 2. The number of hydrogen-bond donors (Lipinski definition) is 3. The average molecular weight is 560 g/mol. The maximum Gasteiger partial charge on any atom is 0.270 e. The number of benzene rings is 4. The summed E-state index contributed by atoms with van der Waals surface area (Å²) in [5.74, 6) is -0.334. The van der Waals surface area contributed by atoms with E-state index in [1.165, 1.54) is 5.56 Å². The molecule has 0 aliphatic rings. The van der Waals surface area contributed by atoms with Crippen LogP contribution in [0.1, 0.15) is 42.3 Å². The van der Waals surface area contributed by atoms with Crippen molar-refractivity contribution in [2.45, 2.75) is 32.7 Å². The number of anilines is 3. The van der Waals surface area contributed by atoms with Crippen LogP contribution in [0.15, 0.2) is 103 Å². The molecule has 0 saturated heterocycles. The van der Waals surface area contributed by atoms with E-state index in [0.29, 0.717) is 12.1 Å². The molecular formula is C33H33N7O2. The Balaban J connectivity index is 1.33. The smallest absolute Gasteiger partial charge is 0.270 e. The van der Waals surface area contributed by atoms with E-state index in [2.05, 4.69) is 82.4 Å². The Hall–Kier alpha value is -5.31. The van der Waals surface area contributed by atoms with E-state index < -0.39 is 0 Å². The Morgan fingerprint density at radius 2 is 1.55 bits per heavy atom. The lowest BCUT2D eigenvalue weighted by atomic mass is 9.87. The molecule has 2 amide bonds. The van der Waals surface area contributed by atoms with E-state index in [0.717, 1.165) is 28.1 Å². The summed E-state index contributed by atoms with van der Waals surface area (Å²) in [7, 11) is 0. The first kappa shape index (κ1) is 28.2. The summed E-state index contributed by atoms with van der Waals surface area (Å²) in [5.41, 5.74) is 6.36. The number of aromatic amines is 1. The van der Waals surface area contributed by atoms with E-state index in [-0.39, 0.29) is 29.7 Å². The molecule has 0 spiro atoms. The highest BCUT2D eigenvalue weighted by Crippen LogP contribution is 2.27. The second kappa shape index (κ2) is 12.5. The molecule has 42 heavy (non-hydrogen) atoms. The third kappa shape index (κ3) is 7.06. The molecule has 0 unspecified atom stereocenters. The average Bonchev–Trinajstić information content (AvgIpc) is 3.52. The lowest BCUT2D eigenvalue weighted by molar-refractivity contribution is -0.117. The molecule has 0 radical (unpaired) electrons. The van der Waals surface area contributed by atoms with Crippen LogP contribution >= 0.6 is 0 Å². The minimum absolute atomic E-state index is 0.00338. The molecule has 1 heterocycles. The van der Waals surface area contributed by atoms with Gasteiger partial charge in [-0.2, -0.15) is 5.21 Å². The molecule has 1 aromatic heterocycles. The van der Waals surface area contributed by atoms with Gasteiger partial charge in [0.05, 0.1) is 13.1 Å². The van der Waals surface area contributed by atoms with Gasteiger partial charge in [-0.1, -0.05) is 92.6 Å². The van der Waals surface area contributed by atoms with E-state index >= 15 is 0 Å². The first-order valence-corrected chi connectivity index (χ1v) is 13.7. The Bertz CT molecular complexity index is 1630. The number of aromatic nitrogens is 4. The summed E-state index contributed by atoms with van der Waals surface area (Å²) in [4.78, 5) is 28.0. The van der Waals surface area contributed by atoms with E-state index in [9.17, 15) is 9.59 Å². The predicted molar refractivity (Wildman–Crippen MR) is 165 cm³/mol. The zero-order valence-corrected chi connectivity index (χ0v) is 23.8. The van der Waals surface area contributed by atoms with Crippen molar-refractivity contribution in [1.82, 2.24) is 20.6 Å². The van der Waals surface area contributed by atoms with Gasteiger partial charge in [0.1, 0.15) is 0 Å². The molecule has 9 nitrogen and oxygen atoms in total. The Morgan fingerprint density at radius 1 is 0.833 bits per heavy atom. The number of carbonyl (C=O) groups excluding carboxylic acids is 2. The van der Waals surface area contributed by atoms with Crippen LogP contribution in [0.25, 0.3) is 11.1 Å². The van der Waals surface area contributed by atoms with Crippen molar-refractivity contribution in [3.8, 4) is 11.1 Å². The summed E-state index contributed by atoms with van der Waals surface area (Å²) in [6.07, 6.45) is 0. The van der Waals surface area contributed by atoms with Gasteiger partial charge >= 0.3 is 0 Å². The highest BCUT2D eigenvalue weighted by molar-refractivity contribution is 6.03. The summed E-state index contributed by atoms with van der Waals surface area (Å²) in [6.45, 7) is 6.94. The first-order valence-electron chi connectivity index (χ1n) is 13.7. The molecule has 212 valence electrons. The van der Waals surface area contributed by atoms with Crippen LogP contribution in [0.4, 0.5) is 17.3 Å². The van der Waals surface area contributed by atoms with Crippen molar-refractivity contribution in [2.24, 2.45) is 0 Å². The highest BCUT2D eigenvalue weighted by Gasteiger charge is 2.19. The van der Waals surface area contributed by atoms with Crippen molar-refractivity contribution in [3.05, 3.63) is 120 Å². The van der Waals surface area contributed by atoms with Gasteiger partial charge in [-0.25, -0.2) is 0 Å². The van der Waals surface area contributed by atoms with Gasteiger partial charge in [0.25, 0.3) is 11.9 Å². The second-order valence-electron chi connectivity index (χ2n) is 11.0. The Labute approximate surface area is 245 Å². The van der Waals surface area contributed by atoms with Crippen molar-refractivity contribution in [2.75, 3.05) is 22.1 Å². The monoisotopic (exact) mass is 559 g/mol. The molecule has 0 fully saturated rings. The highest BCUT2D eigenvalue weighted by atomic mass is 16.2. The number of nitrogens with zero attached hydrogens (tertiary/aromatic N) is 4. The van der Waals surface area contributed by atoms with Gasteiger partial charge in [0, 0.05) is 16.9 Å². The summed E-state index contributed by atoms with van der Waals surface area (Å²) in [6, 6.07) is 33.4. The molecular weight excluding hydrogens is 526 g/mol. The first-order chi connectivity index (χ1) is 20.3. The van der Waals surface area contributed by atoms with Crippen molar-refractivity contribution >= 4 is 29.1 Å². The summed E-state index contributed by atoms with van der Waals surface area (Å²) < 4.78 is 0. The van der Waals surface area contributed by atoms with E-state index in [1.807, 2.05) is 60.7 Å². The number of nitrogens with one attached hydrogen (secondary N) is 3. The van der Waals surface area contributed by atoms with Gasteiger partial charge in [0.15, 0.2) is 0 Å². The molecule has 5 aromatic rings. The van der Waals surface area contributed by atoms with Gasteiger partial charge in [-0.15, -0.1) is 5.10 Å². The van der Waals surface area contributed by atoms with Crippen LogP contribution in [0.5, 0.6) is 0 Å². The van der Waals surface area contributed by atoms with Gasteiger partial charge in [-0.05, 0) is 69.3 Å². The Kier molecular flexibility index (Phi) is 8.38. The SMILES string of the molecule is CC(C)(C)c1ccc(N(Cc2ccc(C(=O)Nc3nn[nH]n3)cc2)C(=O)CNc2cccc(-c3ccccc3)c2)cc1. The molecule has 3 N–H and O–H groups in total. The number of rotatable bonds is 9. The van der Waals surface area contributed by atoms with E-state index in [4.69, 9.17) is 0 Å². The topological polar surface area (TPSA) is 116 Å². The van der Waals surface area contributed by atoms with Crippen molar-refractivity contribution < 1.29 is 9.59 Å². The third-order valence-corrected chi connectivity index (χ3v) is 6.89.